The summed E-state index contributed by atoms with van der Waals surface area (Å²) in [5, 5.41) is 0. The number of fused-ring (bicyclic) bond motifs is 4. The molecule has 1 fully saturated rings. The van der Waals surface area contributed by atoms with E-state index in [1.807, 2.05) is 32.0 Å². The minimum atomic E-state index is -4.19. The molecule has 13 heteroatoms. The van der Waals surface area contributed by atoms with E-state index in [2.05, 4.69) is 52.4 Å². The van der Waals surface area contributed by atoms with Gasteiger partial charge >= 0.3 is 0 Å². The van der Waals surface area contributed by atoms with Gasteiger partial charge in [-0.2, -0.15) is 4.98 Å². The second-order valence-electron chi connectivity index (χ2n) is 14.4. The molecule has 0 spiro atoms. The Morgan fingerprint density at radius 2 is 1.71 bits per heavy atom. The van der Waals surface area contributed by atoms with Gasteiger partial charge in [0, 0.05) is 22.6 Å². The number of carbonyl (C=O) groups excluding carboxylic acids is 1. The Kier molecular flexibility index (Phi) is 9.34. The van der Waals surface area contributed by atoms with Crippen LogP contribution in [0, 0.1) is 24.7 Å². The Balaban J connectivity index is 1.40. The molecule has 4 bridgehead atoms. The van der Waals surface area contributed by atoms with Crippen LogP contribution in [0.15, 0.2) is 65.8 Å². The summed E-state index contributed by atoms with van der Waals surface area (Å²) in [7, 11) is -4.19. The molecule has 2 aromatic heterocycles. The molecule has 0 aliphatic carbocycles. The van der Waals surface area contributed by atoms with Crippen LogP contribution in [0.4, 0.5) is 5.95 Å². The molecule has 4 aromatic rings. The molecule has 1 saturated heterocycles. The highest BCUT2D eigenvalue weighted by Crippen LogP contribution is 2.32. The molecule has 1 atom stereocenters. The number of ether oxygens (including phenoxy) is 3. The first-order chi connectivity index (χ1) is 23.2. The zero-order chi connectivity index (χ0) is 35.0. The third kappa shape index (κ3) is 8.00. The maximum Gasteiger partial charge on any atom is 0.264 e. The van der Waals surface area contributed by atoms with E-state index >= 15 is 0 Å². The fourth-order valence-corrected chi connectivity index (χ4v) is 6.98. The van der Waals surface area contributed by atoms with Crippen LogP contribution < -0.4 is 14.2 Å². The molecule has 258 valence electrons. The molecule has 12 nitrogen and oxygen atoms in total. The average Bonchev–Trinajstić information content (AvgIpc) is 3.03. The molecule has 49 heavy (non-hydrogen) atoms. The second kappa shape index (κ2) is 13.4. The molecular weight excluding hydrogens is 644 g/mol. The number of hydrogen-bond donors (Lipinski definition) is 1. The van der Waals surface area contributed by atoms with E-state index in [0.29, 0.717) is 43.5 Å². The van der Waals surface area contributed by atoms with Gasteiger partial charge in [0.15, 0.2) is 5.75 Å². The SMILES string of the molecule is Cc1cccc(C)c1-c1cc2nc(n1)NS(=O)(=O)c1cccc(c1)C(=O)N(Cc1ncc(OCC3(C)COC3)cn1)[C@H](CC(C)(C)C)CO2. The van der Waals surface area contributed by atoms with Crippen molar-refractivity contribution in [1.29, 1.82) is 0 Å². The van der Waals surface area contributed by atoms with E-state index in [0.717, 1.165) is 16.7 Å². The topological polar surface area (TPSA) is 146 Å². The molecule has 6 rings (SSSR count). The van der Waals surface area contributed by atoms with Gasteiger partial charge in [-0.15, -0.1) is 0 Å². The first-order valence-electron chi connectivity index (χ1n) is 16.2. The standard InChI is InChI=1S/C36H42N6O6S/c1-23-9-7-10-24(2)32(23)29-14-31-40-34(39-29)41-49(44,45)28-12-8-11-25(13-28)33(43)42(26(19-47-31)15-35(3,4)5)18-30-37-16-27(17-38-30)48-22-36(6)20-46-21-36/h7-14,16-17,26H,15,18-22H2,1-6H3,(H,39,40,41)/t26-/m1/s1. The van der Waals surface area contributed by atoms with Gasteiger partial charge in [0.25, 0.3) is 15.9 Å². The predicted octanol–water partition coefficient (Wildman–Crippen LogP) is 5.61. The summed E-state index contributed by atoms with van der Waals surface area (Å²) in [6, 6.07) is 13.1. The van der Waals surface area contributed by atoms with Crippen LogP contribution in [0.5, 0.6) is 11.6 Å². The number of carbonyl (C=O) groups is 1. The van der Waals surface area contributed by atoms with Crippen molar-refractivity contribution in [2.24, 2.45) is 10.8 Å². The van der Waals surface area contributed by atoms with Crippen molar-refractivity contribution in [3.05, 3.63) is 83.4 Å². The quantitative estimate of drug-likeness (QED) is 0.261. The minimum Gasteiger partial charge on any atom is -0.490 e. The van der Waals surface area contributed by atoms with E-state index in [-0.39, 0.29) is 52.2 Å². The highest BCUT2D eigenvalue weighted by molar-refractivity contribution is 7.92. The number of aromatic nitrogens is 4. The van der Waals surface area contributed by atoms with Gasteiger partial charge in [-0.1, -0.05) is 52.0 Å². The lowest BCUT2D eigenvalue weighted by molar-refractivity contribution is -0.120. The lowest BCUT2D eigenvalue weighted by atomic mass is 9.87. The fraction of sp³-hybridized carbons (Fsp3) is 0.417. The molecule has 2 aliphatic rings. The molecule has 1 N–H and O–H groups in total. The molecule has 0 saturated carbocycles. The smallest absolute Gasteiger partial charge is 0.264 e. The second-order valence-corrected chi connectivity index (χ2v) is 16.1. The normalized spacial score (nSPS) is 18.5. The van der Waals surface area contributed by atoms with Gasteiger partial charge in [0.2, 0.25) is 11.8 Å². The zero-order valence-corrected chi connectivity index (χ0v) is 29.5. The highest BCUT2D eigenvalue weighted by atomic mass is 32.2. The van der Waals surface area contributed by atoms with Crippen LogP contribution in [0.2, 0.25) is 0 Å². The number of amides is 1. The predicted molar refractivity (Wildman–Crippen MR) is 184 cm³/mol. The molecular formula is C36H42N6O6S. The Hall–Kier alpha value is -4.62. The van der Waals surface area contributed by atoms with E-state index in [1.54, 1.807) is 35.5 Å². The molecule has 0 unspecified atom stereocenters. The van der Waals surface area contributed by atoms with Crippen molar-refractivity contribution in [3.63, 3.8) is 0 Å². The number of rotatable bonds is 7. The van der Waals surface area contributed by atoms with Crippen LogP contribution in [-0.2, 0) is 21.3 Å². The lowest BCUT2D eigenvalue weighted by Crippen LogP contribution is -2.45. The monoisotopic (exact) mass is 686 g/mol. The van der Waals surface area contributed by atoms with Crippen LogP contribution >= 0.6 is 0 Å². The first kappa shape index (κ1) is 34.3. The number of anilines is 1. The van der Waals surface area contributed by atoms with Crippen molar-refractivity contribution in [1.82, 2.24) is 24.8 Å². The third-order valence-electron chi connectivity index (χ3n) is 8.51. The van der Waals surface area contributed by atoms with Crippen molar-refractivity contribution < 1.29 is 27.4 Å². The summed E-state index contributed by atoms with van der Waals surface area (Å²) in [5.74, 6) is 0.572. The Bertz CT molecular complexity index is 1940. The van der Waals surface area contributed by atoms with Gasteiger partial charge in [-0.05, 0) is 55.0 Å². The number of sulfonamides is 1. The van der Waals surface area contributed by atoms with Gasteiger partial charge in [-0.25, -0.2) is 28.1 Å². The lowest BCUT2D eigenvalue weighted by Gasteiger charge is -2.37. The molecule has 4 heterocycles. The summed E-state index contributed by atoms with van der Waals surface area (Å²) >= 11 is 0. The van der Waals surface area contributed by atoms with Crippen LogP contribution in [0.3, 0.4) is 0 Å². The number of nitrogens with one attached hydrogen (secondary N) is 1. The average molecular weight is 687 g/mol. The largest absolute Gasteiger partial charge is 0.490 e. The Morgan fingerprint density at radius 1 is 1.02 bits per heavy atom. The van der Waals surface area contributed by atoms with Crippen LogP contribution in [0.25, 0.3) is 11.3 Å². The molecule has 0 radical (unpaired) electrons. The number of aryl methyl sites for hydroxylation is 2. The van der Waals surface area contributed by atoms with Crippen molar-refractivity contribution in [2.75, 3.05) is 31.1 Å². The first-order valence-corrected chi connectivity index (χ1v) is 17.7. The number of nitrogens with zero attached hydrogens (tertiary/aromatic N) is 5. The molecule has 2 aromatic carbocycles. The summed E-state index contributed by atoms with van der Waals surface area (Å²) in [5.41, 5.74) is 3.24. The maximum absolute atomic E-state index is 14.4. The van der Waals surface area contributed by atoms with Gasteiger partial charge in [0.1, 0.15) is 12.4 Å². The van der Waals surface area contributed by atoms with E-state index in [4.69, 9.17) is 14.2 Å². The number of benzene rings is 2. The van der Waals surface area contributed by atoms with E-state index in [1.165, 1.54) is 12.1 Å². The van der Waals surface area contributed by atoms with E-state index < -0.39 is 16.1 Å². The molecule has 1 amide bonds. The molecule has 2 aliphatic heterocycles. The van der Waals surface area contributed by atoms with Gasteiger partial charge < -0.3 is 19.1 Å². The van der Waals surface area contributed by atoms with E-state index in [9.17, 15) is 13.2 Å². The Labute approximate surface area is 287 Å². The summed E-state index contributed by atoms with van der Waals surface area (Å²) < 4.78 is 47.4. The van der Waals surface area contributed by atoms with Gasteiger partial charge in [0.05, 0.1) is 55.4 Å². The minimum absolute atomic E-state index is 0.0367. The number of hydrogen-bond acceptors (Lipinski definition) is 10. The van der Waals surface area contributed by atoms with Crippen molar-refractivity contribution >= 4 is 21.9 Å². The van der Waals surface area contributed by atoms with Crippen molar-refractivity contribution in [3.8, 4) is 22.9 Å². The summed E-state index contributed by atoms with van der Waals surface area (Å²) in [6.45, 7) is 14.2. The van der Waals surface area contributed by atoms with Crippen molar-refractivity contribution in [2.45, 2.75) is 65.4 Å². The maximum atomic E-state index is 14.4. The van der Waals surface area contributed by atoms with Crippen LogP contribution in [0.1, 0.15) is 61.4 Å². The Morgan fingerprint density at radius 3 is 2.37 bits per heavy atom. The zero-order valence-electron chi connectivity index (χ0n) is 28.7. The van der Waals surface area contributed by atoms with Crippen LogP contribution in [-0.4, -0.2) is 71.6 Å². The van der Waals surface area contributed by atoms with Gasteiger partial charge in [-0.3, -0.25) is 4.79 Å². The summed E-state index contributed by atoms with van der Waals surface area (Å²) in [4.78, 5) is 34.1. The third-order valence-corrected chi connectivity index (χ3v) is 9.84. The fourth-order valence-electron chi connectivity index (χ4n) is 5.99. The summed E-state index contributed by atoms with van der Waals surface area (Å²) in [6.07, 6.45) is 3.75. The highest BCUT2D eigenvalue weighted by Gasteiger charge is 2.35.